The van der Waals surface area contributed by atoms with Crippen LogP contribution in [0.4, 0.5) is 0 Å². The standard InChI is InChI=1S/C15H20N2O3/c1-10-13(11-6-3-4-7-12(11)17-10)14(15(18)19)16-8-5-9-20-2/h3-4,6-7,14,16-17H,5,8-9H2,1-2H3,(H,18,19)/t14-/m0/s1. The number of carbonyl (C=O) groups is 1. The van der Waals surface area contributed by atoms with Crippen LogP contribution in [0, 0.1) is 6.92 Å². The van der Waals surface area contributed by atoms with Gasteiger partial charge in [-0.15, -0.1) is 0 Å². The lowest BCUT2D eigenvalue weighted by molar-refractivity contribution is -0.139. The number of rotatable bonds is 7. The highest BCUT2D eigenvalue weighted by molar-refractivity contribution is 5.90. The van der Waals surface area contributed by atoms with E-state index in [0.29, 0.717) is 13.2 Å². The van der Waals surface area contributed by atoms with Crippen LogP contribution in [0.3, 0.4) is 0 Å². The Bertz CT molecular complexity index is 592. The molecule has 108 valence electrons. The zero-order chi connectivity index (χ0) is 14.5. The normalized spacial score (nSPS) is 12.7. The molecule has 0 aliphatic carbocycles. The maximum Gasteiger partial charge on any atom is 0.325 e. The molecule has 0 spiro atoms. The van der Waals surface area contributed by atoms with Crippen molar-refractivity contribution in [3.63, 3.8) is 0 Å². The van der Waals surface area contributed by atoms with Crippen LogP contribution in [0.2, 0.25) is 0 Å². The molecule has 3 N–H and O–H groups in total. The van der Waals surface area contributed by atoms with Crippen molar-refractivity contribution in [2.45, 2.75) is 19.4 Å². The van der Waals surface area contributed by atoms with Gasteiger partial charge in [-0.05, 0) is 26.0 Å². The summed E-state index contributed by atoms with van der Waals surface area (Å²) in [5.74, 6) is -0.865. The number of para-hydroxylation sites is 1. The van der Waals surface area contributed by atoms with Gasteiger partial charge in [-0.1, -0.05) is 18.2 Å². The number of carboxylic acids is 1. The molecular weight excluding hydrogens is 256 g/mol. The Morgan fingerprint density at radius 3 is 2.90 bits per heavy atom. The Hall–Kier alpha value is -1.85. The van der Waals surface area contributed by atoms with E-state index in [1.165, 1.54) is 0 Å². The molecule has 5 heteroatoms. The van der Waals surface area contributed by atoms with Crippen molar-refractivity contribution >= 4 is 16.9 Å². The second kappa shape index (κ2) is 6.54. The van der Waals surface area contributed by atoms with Crippen LogP contribution >= 0.6 is 0 Å². The van der Waals surface area contributed by atoms with E-state index in [4.69, 9.17) is 4.74 Å². The lowest BCUT2D eigenvalue weighted by atomic mass is 10.0. The Balaban J connectivity index is 2.27. The maximum atomic E-state index is 11.5. The van der Waals surface area contributed by atoms with Gasteiger partial charge in [0.05, 0.1) is 0 Å². The molecule has 0 bridgehead atoms. The summed E-state index contributed by atoms with van der Waals surface area (Å²) in [5, 5.41) is 13.5. The first-order chi connectivity index (χ1) is 9.65. The van der Waals surface area contributed by atoms with Crippen LogP contribution in [0.5, 0.6) is 0 Å². The van der Waals surface area contributed by atoms with Gasteiger partial charge in [-0.2, -0.15) is 0 Å². The first-order valence-corrected chi connectivity index (χ1v) is 6.67. The number of carboxylic acid groups (broad SMARTS) is 1. The lowest BCUT2D eigenvalue weighted by Crippen LogP contribution is -2.30. The second-order valence-corrected chi connectivity index (χ2v) is 4.78. The molecule has 0 fully saturated rings. The Kier molecular flexibility index (Phi) is 4.76. The number of fused-ring (bicyclic) bond motifs is 1. The van der Waals surface area contributed by atoms with E-state index in [0.717, 1.165) is 28.6 Å². The molecule has 2 aromatic rings. The SMILES string of the molecule is COCCCN[C@H](C(=O)O)c1c(C)[nH]c2ccccc12. The van der Waals surface area contributed by atoms with Gasteiger partial charge in [0, 0.05) is 35.9 Å². The van der Waals surface area contributed by atoms with Crippen molar-refractivity contribution in [3.05, 3.63) is 35.5 Å². The van der Waals surface area contributed by atoms with E-state index in [1.54, 1.807) is 7.11 Å². The molecule has 0 radical (unpaired) electrons. The monoisotopic (exact) mass is 276 g/mol. The molecule has 1 aromatic carbocycles. The molecule has 1 heterocycles. The summed E-state index contributed by atoms with van der Waals surface area (Å²) < 4.78 is 4.98. The summed E-state index contributed by atoms with van der Waals surface area (Å²) in [7, 11) is 1.64. The lowest BCUT2D eigenvalue weighted by Gasteiger charge is -2.15. The minimum absolute atomic E-state index is 0.601. The largest absolute Gasteiger partial charge is 0.480 e. The fraction of sp³-hybridized carbons (Fsp3) is 0.400. The minimum Gasteiger partial charge on any atom is -0.480 e. The fourth-order valence-corrected chi connectivity index (χ4v) is 2.45. The van der Waals surface area contributed by atoms with Gasteiger partial charge in [0.2, 0.25) is 0 Å². The molecule has 0 saturated carbocycles. The van der Waals surface area contributed by atoms with Crippen molar-refractivity contribution in [1.82, 2.24) is 10.3 Å². The molecule has 1 atom stereocenters. The molecule has 1 aromatic heterocycles. The van der Waals surface area contributed by atoms with Crippen LogP contribution < -0.4 is 5.32 Å². The van der Waals surface area contributed by atoms with Crippen LogP contribution in [-0.4, -0.2) is 36.3 Å². The zero-order valence-electron chi connectivity index (χ0n) is 11.8. The van der Waals surface area contributed by atoms with Gasteiger partial charge in [-0.3, -0.25) is 4.79 Å². The van der Waals surface area contributed by atoms with E-state index >= 15 is 0 Å². The van der Waals surface area contributed by atoms with Gasteiger partial charge in [-0.25, -0.2) is 0 Å². The summed E-state index contributed by atoms with van der Waals surface area (Å²) >= 11 is 0. The average molecular weight is 276 g/mol. The van der Waals surface area contributed by atoms with Crippen molar-refractivity contribution in [2.24, 2.45) is 0 Å². The Morgan fingerprint density at radius 2 is 2.20 bits per heavy atom. The third-order valence-corrected chi connectivity index (χ3v) is 3.35. The number of aryl methyl sites for hydroxylation is 1. The summed E-state index contributed by atoms with van der Waals surface area (Å²) in [6.45, 7) is 3.12. The molecule has 0 saturated heterocycles. The zero-order valence-corrected chi connectivity index (χ0v) is 11.8. The maximum absolute atomic E-state index is 11.5. The number of hydrogen-bond acceptors (Lipinski definition) is 3. The van der Waals surface area contributed by atoms with Gasteiger partial charge < -0.3 is 20.1 Å². The molecule has 0 aliphatic rings. The number of nitrogens with one attached hydrogen (secondary N) is 2. The fourth-order valence-electron chi connectivity index (χ4n) is 2.45. The summed E-state index contributed by atoms with van der Waals surface area (Å²) in [6.07, 6.45) is 0.779. The van der Waals surface area contributed by atoms with Crippen LogP contribution in [0.15, 0.2) is 24.3 Å². The van der Waals surface area contributed by atoms with Gasteiger partial charge in [0.1, 0.15) is 6.04 Å². The third-order valence-electron chi connectivity index (χ3n) is 3.35. The number of aromatic nitrogens is 1. The van der Waals surface area contributed by atoms with Crippen molar-refractivity contribution in [3.8, 4) is 0 Å². The average Bonchev–Trinajstić information content (AvgIpc) is 2.75. The number of ether oxygens (including phenoxy) is 1. The highest BCUT2D eigenvalue weighted by Crippen LogP contribution is 2.27. The van der Waals surface area contributed by atoms with E-state index in [1.807, 2.05) is 31.2 Å². The summed E-state index contributed by atoms with van der Waals surface area (Å²) in [6, 6.07) is 7.05. The Morgan fingerprint density at radius 1 is 1.45 bits per heavy atom. The predicted molar refractivity (Wildman–Crippen MR) is 77.9 cm³/mol. The molecule has 0 amide bonds. The van der Waals surface area contributed by atoms with Crippen LogP contribution in [0.25, 0.3) is 10.9 Å². The first kappa shape index (κ1) is 14.6. The van der Waals surface area contributed by atoms with Gasteiger partial charge in [0.25, 0.3) is 0 Å². The quantitative estimate of drug-likeness (QED) is 0.678. The van der Waals surface area contributed by atoms with Crippen molar-refractivity contribution in [2.75, 3.05) is 20.3 Å². The van der Waals surface area contributed by atoms with Crippen molar-refractivity contribution in [1.29, 1.82) is 0 Å². The second-order valence-electron chi connectivity index (χ2n) is 4.78. The van der Waals surface area contributed by atoms with E-state index in [9.17, 15) is 9.90 Å². The van der Waals surface area contributed by atoms with Gasteiger partial charge >= 0.3 is 5.97 Å². The number of benzene rings is 1. The minimum atomic E-state index is -0.865. The Labute approximate surface area is 117 Å². The third kappa shape index (κ3) is 3.00. The van der Waals surface area contributed by atoms with E-state index in [2.05, 4.69) is 10.3 Å². The predicted octanol–water partition coefficient (Wildman–Crippen LogP) is 2.23. The topological polar surface area (TPSA) is 74.3 Å². The number of aromatic amines is 1. The summed E-state index contributed by atoms with van der Waals surface area (Å²) in [5.41, 5.74) is 2.66. The number of hydrogen-bond donors (Lipinski definition) is 3. The molecule has 0 unspecified atom stereocenters. The molecule has 20 heavy (non-hydrogen) atoms. The molecule has 5 nitrogen and oxygen atoms in total. The van der Waals surface area contributed by atoms with E-state index < -0.39 is 12.0 Å². The smallest absolute Gasteiger partial charge is 0.325 e. The summed E-state index contributed by atoms with van der Waals surface area (Å²) in [4.78, 5) is 14.8. The highest BCUT2D eigenvalue weighted by atomic mass is 16.5. The number of aliphatic carboxylic acids is 1. The van der Waals surface area contributed by atoms with Crippen LogP contribution in [0.1, 0.15) is 23.7 Å². The number of methoxy groups -OCH3 is 1. The molecule has 0 aliphatic heterocycles. The number of H-pyrrole nitrogens is 1. The van der Waals surface area contributed by atoms with Crippen LogP contribution in [-0.2, 0) is 9.53 Å². The van der Waals surface area contributed by atoms with E-state index in [-0.39, 0.29) is 0 Å². The molecule has 2 rings (SSSR count). The van der Waals surface area contributed by atoms with Crippen molar-refractivity contribution < 1.29 is 14.6 Å². The highest BCUT2D eigenvalue weighted by Gasteiger charge is 2.24. The first-order valence-electron chi connectivity index (χ1n) is 6.67. The van der Waals surface area contributed by atoms with Gasteiger partial charge in [0.15, 0.2) is 0 Å². The molecular formula is C15H20N2O3.